The van der Waals surface area contributed by atoms with Crippen molar-refractivity contribution in [3.8, 4) is 11.5 Å². The zero-order valence-corrected chi connectivity index (χ0v) is 11.3. The first-order valence-electron chi connectivity index (χ1n) is 5.99. The molecule has 0 spiro atoms. The van der Waals surface area contributed by atoms with E-state index >= 15 is 0 Å². The molecule has 3 rings (SSSR count). The van der Waals surface area contributed by atoms with Gasteiger partial charge in [-0.15, -0.1) is 10.2 Å². The van der Waals surface area contributed by atoms with Crippen molar-refractivity contribution >= 4 is 22.9 Å². The standard InChI is InChI=1S/C14H11N3O2S/c18-13(6-10-4-5-20-8-10)16-12-3-1-2-11(7-12)14-17-15-9-19-14/h1-5,7-9H,6H2,(H,16,18). The van der Waals surface area contributed by atoms with Gasteiger partial charge < -0.3 is 9.73 Å². The topological polar surface area (TPSA) is 68.0 Å². The summed E-state index contributed by atoms with van der Waals surface area (Å²) in [5.41, 5.74) is 2.50. The van der Waals surface area contributed by atoms with Crippen molar-refractivity contribution in [1.29, 1.82) is 0 Å². The van der Waals surface area contributed by atoms with Crippen molar-refractivity contribution in [1.82, 2.24) is 10.2 Å². The lowest BCUT2D eigenvalue weighted by molar-refractivity contribution is -0.115. The smallest absolute Gasteiger partial charge is 0.247 e. The fourth-order valence-electron chi connectivity index (χ4n) is 1.81. The maximum atomic E-state index is 11.9. The van der Waals surface area contributed by atoms with Crippen LogP contribution in [0.25, 0.3) is 11.5 Å². The van der Waals surface area contributed by atoms with E-state index in [-0.39, 0.29) is 5.91 Å². The lowest BCUT2D eigenvalue weighted by Crippen LogP contribution is -2.13. The first-order valence-corrected chi connectivity index (χ1v) is 6.93. The monoisotopic (exact) mass is 285 g/mol. The maximum Gasteiger partial charge on any atom is 0.247 e. The van der Waals surface area contributed by atoms with Crippen molar-refractivity contribution in [3.63, 3.8) is 0 Å². The fourth-order valence-corrected chi connectivity index (χ4v) is 2.48. The Morgan fingerprint density at radius 2 is 2.30 bits per heavy atom. The predicted octanol–water partition coefficient (Wildman–Crippen LogP) is 2.98. The van der Waals surface area contributed by atoms with Crippen LogP contribution in [0.5, 0.6) is 0 Å². The zero-order valence-electron chi connectivity index (χ0n) is 10.4. The molecule has 100 valence electrons. The third-order valence-corrected chi connectivity index (χ3v) is 3.43. The summed E-state index contributed by atoms with van der Waals surface area (Å²) in [5.74, 6) is 0.380. The highest BCUT2D eigenvalue weighted by Crippen LogP contribution is 2.20. The Morgan fingerprint density at radius 1 is 1.35 bits per heavy atom. The number of carbonyl (C=O) groups excluding carboxylic acids is 1. The lowest BCUT2D eigenvalue weighted by atomic mass is 10.2. The number of hydrogen-bond donors (Lipinski definition) is 1. The summed E-state index contributed by atoms with van der Waals surface area (Å²) in [6.07, 6.45) is 1.64. The van der Waals surface area contributed by atoms with Gasteiger partial charge >= 0.3 is 0 Å². The normalized spacial score (nSPS) is 10.4. The Morgan fingerprint density at radius 3 is 3.05 bits per heavy atom. The molecule has 5 nitrogen and oxygen atoms in total. The van der Waals surface area contributed by atoms with E-state index in [0.717, 1.165) is 11.1 Å². The number of benzene rings is 1. The van der Waals surface area contributed by atoms with Gasteiger partial charge in [-0.25, -0.2) is 0 Å². The van der Waals surface area contributed by atoms with Crippen molar-refractivity contribution in [2.45, 2.75) is 6.42 Å². The average molecular weight is 285 g/mol. The summed E-state index contributed by atoms with van der Waals surface area (Å²) in [5, 5.41) is 14.3. The largest absolute Gasteiger partial charge is 0.423 e. The van der Waals surface area contributed by atoms with Crippen LogP contribution in [-0.2, 0) is 11.2 Å². The highest BCUT2D eigenvalue weighted by atomic mass is 32.1. The minimum Gasteiger partial charge on any atom is -0.423 e. The number of hydrogen-bond acceptors (Lipinski definition) is 5. The maximum absolute atomic E-state index is 11.9. The highest BCUT2D eigenvalue weighted by Gasteiger charge is 2.07. The molecule has 2 heterocycles. The lowest BCUT2D eigenvalue weighted by Gasteiger charge is -2.05. The molecule has 3 aromatic rings. The van der Waals surface area contributed by atoms with Gasteiger partial charge in [-0.1, -0.05) is 6.07 Å². The summed E-state index contributed by atoms with van der Waals surface area (Å²) in [6.45, 7) is 0. The van der Waals surface area contributed by atoms with Gasteiger partial charge in [0.25, 0.3) is 0 Å². The van der Waals surface area contributed by atoms with Gasteiger partial charge in [0.05, 0.1) is 6.42 Å². The van der Waals surface area contributed by atoms with Crippen molar-refractivity contribution in [2.24, 2.45) is 0 Å². The third-order valence-electron chi connectivity index (χ3n) is 2.70. The van der Waals surface area contributed by atoms with E-state index < -0.39 is 0 Å². The van der Waals surface area contributed by atoms with Crippen LogP contribution in [0.15, 0.2) is 51.9 Å². The van der Waals surface area contributed by atoms with Gasteiger partial charge in [-0.2, -0.15) is 11.3 Å². The highest BCUT2D eigenvalue weighted by molar-refractivity contribution is 7.08. The number of thiophene rings is 1. The Labute approximate surface area is 119 Å². The molecule has 0 aliphatic rings. The van der Waals surface area contributed by atoms with Crippen LogP contribution in [0.4, 0.5) is 5.69 Å². The van der Waals surface area contributed by atoms with Crippen LogP contribution in [0, 0.1) is 0 Å². The second kappa shape index (κ2) is 5.66. The quantitative estimate of drug-likeness (QED) is 0.800. The Balaban J connectivity index is 1.71. The Hall–Kier alpha value is -2.47. The molecule has 0 saturated heterocycles. The van der Waals surface area contributed by atoms with Crippen LogP contribution in [0.2, 0.25) is 0 Å². The summed E-state index contributed by atoms with van der Waals surface area (Å²) in [7, 11) is 0. The molecule has 0 bridgehead atoms. The number of rotatable bonds is 4. The molecule has 0 radical (unpaired) electrons. The Bertz CT molecular complexity index is 693. The number of carbonyl (C=O) groups is 1. The molecular weight excluding hydrogens is 274 g/mol. The van der Waals surface area contributed by atoms with Crippen LogP contribution < -0.4 is 5.32 Å². The van der Waals surface area contributed by atoms with E-state index in [2.05, 4.69) is 15.5 Å². The number of anilines is 1. The second-order valence-corrected chi connectivity index (χ2v) is 4.96. The van der Waals surface area contributed by atoms with E-state index in [1.165, 1.54) is 6.39 Å². The molecule has 0 fully saturated rings. The van der Waals surface area contributed by atoms with Crippen molar-refractivity contribution < 1.29 is 9.21 Å². The molecule has 0 unspecified atom stereocenters. The van der Waals surface area contributed by atoms with Gasteiger partial charge in [0.15, 0.2) is 0 Å². The number of nitrogens with zero attached hydrogens (tertiary/aromatic N) is 2. The van der Waals surface area contributed by atoms with E-state index in [1.54, 1.807) is 17.4 Å². The van der Waals surface area contributed by atoms with Gasteiger partial charge in [-0.3, -0.25) is 4.79 Å². The number of aromatic nitrogens is 2. The zero-order chi connectivity index (χ0) is 13.8. The molecule has 6 heteroatoms. The molecule has 2 aromatic heterocycles. The fraction of sp³-hybridized carbons (Fsp3) is 0.0714. The van der Waals surface area contributed by atoms with E-state index in [9.17, 15) is 4.79 Å². The van der Waals surface area contributed by atoms with E-state index in [4.69, 9.17) is 4.42 Å². The molecule has 0 aliphatic carbocycles. The average Bonchev–Trinajstić information content (AvgIpc) is 3.11. The molecule has 0 saturated carbocycles. The van der Waals surface area contributed by atoms with Gasteiger partial charge in [0.1, 0.15) is 0 Å². The summed E-state index contributed by atoms with van der Waals surface area (Å²) in [4.78, 5) is 11.9. The van der Waals surface area contributed by atoms with E-state index in [1.807, 2.05) is 35.0 Å². The SMILES string of the molecule is O=C(Cc1ccsc1)Nc1cccc(-c2nnco2)c1. The molecule has 0 aliphatic heterocycles. The molecule has 20 heavy (non-hydrogen) atoms. The molecular formula is C14H11N3O2S. The van der Waals surface area contributed by atoms with Gasteiger partial charge in [-0.05, 0) is 40.6 Å². The predicted molar refractivity (Wildman–Crippen MR) is 76.4 cm³/mol. The Kier molecular flexibility index (Phi) is 3.56. The van der Waals surface area contributed by atoms with Crippen LogP contribution in [0.1, 0.15) is 5.56 Å². The first-order chi connectivity index (χ1) is 9.81. The van der Waals surface area contributed by atoms with Crippen molar-refractivity contribution in [2.75, 3.05) is 5.32 Å². The second-order valence-electron chi connectivity index (χ2n) is 4.18. The van der Waals surface area contributed by atoms with Crippen LogP contribution >= 0.6 is 11.3 Å². The molecule has 0 atom stereocenters. The molecule has 1 aromatic carbocycles. The molecule has 1 amide bonds. The van der Waals surface area contributed by atoms with Crippen molar-refractivity contribution in [3.05, 3.63) is 53.0 Å². The summed E-state index contributed by atoms with van der Waals surface area (Å²) < 4.78 is 5.13. The third kappa shape index (κ3) is 2.92. The first kappa shape index (κ1) is 12.6. The minimum atomic E-state index is -0.0499. The number of nitrogens with one attached hydrogen (secondary N) is 1. The van der Waals surface area contributed by atoms with Crippen LogP contribution in [-0.4, -0.2) is 16.1 Å². The van der Waals surface area contributed by atoms with Gasteiger partial charge in [0.2, 0.25) is 18.2 Å². The molecule has 1 N–H and O–H groups in total. The number of amides is 1. The van der Waals surface area contributed by atoms with Gasteiger partial charge in [0, 0.05) is 11.3 Å². The summed E-state index contributed by atoms with van der Waals surface area (Å²) in [6, 6.07) is 9.26. The van der Waals surface area contributed by atoms with E-state index in [0.29, 0.717) is 18.0 Å². The minimum absolute atomic E-state index is 0.0499. The summed E-state index contributed by atoms with van der Waals surface area (Å²) >= 11 is 1.58. The van der Waals surface area contributed by atoms with Crippen LogP contribution in [0.3, 0.4) is 0 Å².